The number of ether oxygens (including phenoxy) is 3. The summed E-state index contributed by atoms with van der Waals surface area (Å²) in [6.45, 7) is 1.81. The second-order valence-electron chi connectivity index (χ2n) is 10.1. The predicted molar refractivity (Wildman–Crippen MR) is 126 cm³/mol. The van der Waals surface area contributed by atoms with Crippen LogP contribution in [0.1, 0.15) is 68.7 Å². The van der Waals surface area contributed by atoms with Crippen molar-refractivity contribution in [1.82, 2.24) is 0 Å². The molecule has 2 aromatic carbocycles. The highest BCUT2D eigenvalue weighted by molar-refractivity contribution is 5.34. The van der Waals surface area contributed by atoms with E-state index in [0.29, 0.717) is 17.9 Å². The summed E-state index contributed by atoms with van der Waals surface area (Å²) in [6, 6.07) is 4.45. The van der Waals surface area contributed by atoms with Crippen LogP contribution in [-0.4, -0.2) is 32.6 Å². The van der Waals surface area contributed by atoms with E-state index in [-0.39, 0.29) is 11.5 Å². The Kier molecular flexibility index (Phi) is 8.93. The monoisotopic (exact) mass is 530 g/mol. The van der Waals surface area contributed by atoms with Crippen LogP contribution in [0, 0.1) is 35.1 Å². The molecule has 37 heavy (non-hydrogen) atoms. The van der Waals surface area contributed by atoms with Crippen molar-refractivity contribution in [2.45, 2.75) is 69.8 Å². The zero-order valence-corrected chi connectivity index (χ0v) is 20.9. The van der Waals surface area contributed by atoms with Crippen LogP contribution in [0.3, 0.4) is 0 Å². The van der Waals surface area contributed by atoms with E-state index in [4.69, 9.17) is 9.47 Å². The molecule has 0 N–H and O–H groups in total. The van der Waals surface area contributed by atoms with Crippen molar-refractivity contribution in [3.05, 3.63) is 58.7 Å². The molecule has 0 bridgehead atoms. The summed E-state index contributed by atoms with van der Waals surface area (Å²) in [5.74, 6) is -5.52. The number of alkyl halides is 2. The maximum absolute atomic E-state index is 14.9. The topological polar surface area (TPSA) is 27.7 Å². The van der Waals surface area contributed by atoms with E-state index in [1.165, 1.54) is 12.1 Å². The summed E-state index contributed by atoms with van der Waals surface area (Å²) in [5.41, 5.74) is -0.617. The summed E-state index contributed by atoms with van der Waals surface area (Å²) >= 11 is 0. The minimum Gasteiger partial charge on any atom is -0.494 e. The molecule has 1 aliphatic carbocycles. The van der Waals surface area contributed by atoms with Crippen molar-refractivity contribution in [2.24, 2.45) is 11.8 Å². The van der Waals surface area contributed by atoms with Crippen LogP contribution in [0.4, 0.5) is 26.3 Å². The van der Waals surface area contributed by atoms with Crippen molar-refractivity contribution in [3.63, 3.8) is 0 Å². The lowest BCUT2D eigenvalue weighted by Crippen LogP contribution is -2.31. The van der Waals surface area contributed by atoms with Crippen molar-refractivity contribution in [2.75, 3.05) is 20.3 Å². The van der Waals surface area contributed by atoms with Crippen LogP contribution < -0.4 is 9.47 Å². The van der Waals surface area contributed by atoms with Gasteiger partial charge in [0.2, 0.25) is 11.6 Å². The molecule has 1 saturated carbocycles. The fourth-order valence-corrected chi connectivity index (χ4v) is 5.52. The summed E-state index contributed by atoms with van der Waals surface area (Å²) < 4.78 is 102. The maximum Gasteiger partial charge on any atom is 0.200 e. The van der Waals surface area contributed by atoms with E-state index < -0.39 is 59.3 Å². The van der Waals surface area contributed by atoms with Crippen molar-refractivity contribution in [1.29, 1.82) is 0 Å². The molecule has 0 aromatic heterocycles. The molecular weight excluding hydrogens is 498 g/mol. The lowest BCUT2D eigenvalue weighted by atomic mass is 9.72. The van der Waals surface area contributed by atoms with Gasteiger partial charge in [0.1, 0.15) is 6.61 Å². The Labute approximate surface area is 213 Å². The molecule has 1 aliphatic heterocycles. The van der Waals surface area contributed by atoms with Crippen molar-refractivity contribution < 1.29 is 40.6 Å². The minimum absolute atomic E-state index is 0.139. The van der Waals surface area contributed by atoms with E-state index in [1.807, 2.05) is 0 Å². The average molecular weight is 531 g/mol. The highest BCUT2D eigenvalue weighted by atomic mass is 19.2. The number of halogens is 6. The van der Waals surface area contributed by atoms with E-state index in [2.05, 4.69) is 11.7 Å². The van der Waals surface area contributed by atoms with Crippen LogP contribution in [0.15, 0.2) is 24.3 Å². The second-order valence-corrected chi connectivity index (χ2v) is 10.1. The molecule has 4 rings (SSSR count). The third-order valence-electron chi connectivity index (χ3n) is 7.80. The van der Waals surface area contributed by atoms with Gasteiger partial charge in [0.05, 0.1) is 19.8 Å². The molecule has 1 heterocycles. The van der Waals surface area contributed by atoms with Gasteiger partial charge in [-0.05, 0) is 87.0 Å². The molecular formula is C28H32F6O3. The Morgan fingerprint density at radius 3 is 2.11 bits per heavy atom. The fraction of sp³-hybridized carbons (Fsp3) is 0.571. The predicted octanol–water partition coefficient (Wildman–Crippen LogP) is 7.77. The molecule has 2 aromatic rings. The van der Waals surface area contributed by atoms with Gasteiger partial charge in [0.25, 0.3) is 0 Å². The Morgan fingerprint density at radius 1 is 0.811 bits per heavy atom. The second kappa shape index (κ2) is 12.0. The SMILES string of the molecule is COc1ccc(C(F)C(F)COc2ccc(C3CCC(C4CCC(C)OC4)CC3)c(F)c2F)c(F)c1F. The minimum atomic E-state index is -2.58. The van der Waals surface area contributed by atoms with Gasteiger partial charge in [0, 0.05) is 5.56 Å². The van der Waals surface area contributed by atoms with Gasteiger partial charge in [-0.3, -0.25) is 0 Å². The number of hydrogen-bond donors (Lipinski definition) is 0. The zero-order chi connectivity index (χ0) is 26.7. The highest BCUT2D eigenvalue weighted by Gasteiger charge is 2.33. The van der Waals surface area contributed by atoms with Crippen LogP contribution in [0.5, 0.6) is 11.5 Å². The first-order chi connectivity index (χ1) is 17.7. The average Bonchev–Trinajstić information content (AvgIpc) is 2.91. The van der Waals surface area contributed by atoms with Gasteiger partial charge < -0.3 is 14.2 Å². The fourth-order valence-electron chi connectivity index (χ4n) is 5.52. The molecule has 9 heteroatoms. The Hall–Kier alpha value is -2.42. The normalized spacial score (nSPS) is 25.9. The molecule has 0 spiro atoms. The lowest BCUT2D eigenvalue weighted by Gasteiger charge is -2.37. The van der Waals surface area contributed by atoms with Crippen LogP contribution in [0.2, 0.25) is 0 Å². The quantitative estimate of drug-likeness (QED) is 0.327. The number of methoxy groups -OCH3 is 1. The molecule has 4 atom stereocenters. The molecule has 2 fully saturated rings. The van der Waals surface area contributed by atoms with Gasteiger partial charge >= 0.3 is 0 Å². The van der Waals surface area contributed by atoms with Gasteiger partial charge in [-0.1, -0.05) is 6.07 Å². The van der Waals surface area contributed by atoms with Crippen molar-refractivity contribution >= 4 is 0 Å². The third kappa shape index (κ3) is 6.02. The van der Waals surface area contributed by atoms with Crippen LogP contribution in [-0.2, 0) is 4.74 Å². The number of rotatable bonds is 8. The Balaban J connectivity index is 1.35. The maximum atomic E-state index is 14.9. The van der Waals surface area contributed by atoms with Gasteiger partial charge in [0.15, 0.2) is 35.5 Å². The van der Waals surface area contributed by atoms with Crippen molar-refractivity contribution in [3.8, 4) is 11.5 Å². The van der Waals surface area contributed by atoms with E-state index in [0.717, 1.165) is 64.4 Å². The first-order valence-corrected chi connectivity index (χ1v) is 12.7. The summed E-state index contributed by atoms with van der Waals surface area (Å²) in [4.78, 5) is 0. The molecule has 2 aliphatic rings. The lowest BCUT2D eigenvalue weighted by molar-refractivity contribution is -0.0282. The highest BCUT2D eigenvalue weighted by Crippen LogP contribution is 2.43. The van der Waals surface area contributed by atoms with Gasteiger partial charge in [-0.25, -0.2) is 17.6 Å². The van der Waals surface area contributed by atoms with Crippen LogP contribution in [0.25, 0.3) is 0 Å². The Morgan fingerprint density at radius 2 is 1.46 bits per heavy atom. The van der Waals surface area contributed by atoms with Gasteiger partial charge in [-0.2, -0.15) is 8.78 Å². The summed E-state index contributed by atoms with van der Waals surface area (Å²) in [5, 5.41) is 0. The molecule has 3 nitrogen and oxygen atoms in total. The van der Waals surface area contributed by atoms with E-state index >= 15 is 0 Å². The standard InChI is InChI=1S/C28H32F6O3/c1-15-3-4-18(13-36-15)16-5-7-17(8-6-16)19-9-12-23(28(34)25(19)31)37-14-21(29)24(30)20-10-11-22(35-2)27(33)26(20)32/h9-12,15-18,21,24H,3-8,13-14H2,1-2H3. The van der Waals surface area contributed by atoms with E-state index in [1.54, 1.807) is 0 Å². The number of benzene rings is 2. The van der Waals surface area contributed by atoms with E-state index in [9.17, 15) is 26.3 Å². The summed E-state index contributed by atoms with van der Waals surface area (Å²) in [7, 11) is 1.10. The molecule has 0 radical (unpaired) electrons. The Bertz CT molecular complexity index is 1060. The molecule has 1 saturated heterocycles. The zero-order valence-electron chi connectivity index (χ0n) is 20.9. The van der Waals surface area contributed by atoms with Gasteiger partial charge in [-0.15, -0.1) is 0 Å². The number of hydrogen-bond acceptors (Lipinski definition) is 3. The molecule has 0 amide bonds. The smallest absolute Gasteiger partial charge is 0.200 e. The molecule has 204 valence electrons. The summed E-state index contributed by atoms with van der Waals surface area (Å²) in [6.07, 6.45) is 0.710. The van der Waals surface area contributed by atoms with Crippen LogP contribution >= 0.6 is 0 Å². The largest absolute Gasteiger partial charge is 0.494 e. The first-order valence-electron chi connectivity index (χ1n) is 12.7. The third-order valence-corrected chi connectivity index (χ3v) is 7.80. The molecule has 4 unspecified atom stereocenters. The first kappa shape index (κ1) is 27.6.